The van der Waals surface area contributed by atoms with Crippen molar-refractivity contribution in [3.63, 3.8) is 0 Å². The number of para-hydroxylation sites is 1. The molecule has 29 heavy (non-hydrogen) atoms. The second kappa shape index (κ2) is 8.92. The Bertz CT molecular complexity index is 1060. The maximum atomic E-state index is 12.5. The van der Waals surface area contributed by atoms with Gasteiger partial charge in [0, 0.05) is 16.0 Å². The largest absolute Gasteiger partial charge is 0.346 e. The zero-order chi connectivity index (χ0) is 21.1. The average molecular weight is 429 g/mol. The number of fused-ring (bicyclic) bond motifs is 1. The van der Waals surface area contributed by atoms with Crippen LogP contribution in [0.15, 0.2) is 29.6 Å². The molecule has 8 heteroatoms. The highest BCUT2D eigenvalue weighted by Crippen LogP contribution is 2.35. The van der Waals surface area contributed by atoms with E-state index in [1.807, 2.05) is 45.9 Å². The summed E-state index contributed by atoms with van der Waals surface area (Å²) in [6.45, 7) is 9.72. The maximum absolute atomic E-state index is 12.5. The first-order valence-corrected chi connectivity index (χ1v) is 11.0. The Kier molecular flexibility index (Phi) is 6.54. The average Bonchev–Trinajstić information content (AvgIpc) is 2.97. The lowest BCUT2D eigenvalue weighted by Gasteiger charge is -2.14. The van der Waals surface area contributed by atoms with Gasteiger partial charge in [0.1, 0.15) is 16.2 Å². The number of thiophene rings is 1. The van der Waals surface area contributed by atoms with Gasteiger partial charge in [0.15, 0.2) is 0 Å². The monoisotopic (exact) mass is 428 g/mol. The van der Waals surface area contributed by atoms with Crippen LogP contribution in [-0.4, -0.2) is 33.6 Å². The first-order valence-electron chi connectivity index (χ1n) is 9.29. The zero-order valence-electron chi connectivity index (χ0n) is 17.1. The Labute approximate surface area is 178 Å². The van der Waals surface area contributed by atoms with Crippen molar-refractivity contribution in [1.29, 1.82) is 0 Å². The van der Waals surface area contributed by atoms with E-state index < -0.39 is 0 Å². The molecule has 0 saturated heterocycles. The molecular weight excluding hydrogens is 404 g/mol. The first kappa shape index (κ1) is 21.3. The fraction of sp³-hybridized carbons (Fsp3) is 0.333. The summed E-state index contributed by atoms with van der Waals surface area (Å²) in [7, 11) is 0. The van der Waals surface area contributed by atoms with Crippen molar-refractivity contribution >= 4 is 50.8 Å². The number of thioether (sulfide) groups is 1. The molecule has 1 atom stereocenters. The molecule has 6 nitrogen and oxygen atoms in total. The predicted octanol–water partition coefficient (Wildman–Crippen LogP) is 4.16. The molecule has 0 fully saturated rings. The van der Waals surface area contributed by atoms with Crippen molar-refractivity contribution in [3.8, 4) is 0 Å². The van der Waals surface area contributed by atoms with Crippen LogP contribution in [0.1, 0.15) is 28.5 Å². The number of nitrogens with one attached hydrogen (secondary N) is 2. The standard InChI is InChI=1S/C21H24N4O2S2/c1-11-7-6-8-12(2)18(11)25-16(26)9-22-19(27)15(5)29-21-17-13(3)14(4)28-20(17)23-10-24-21/h6-8,10,15H,9H2,1-5H3,(H,22,27)(H,25,26). The van der Waals surface area contributed by atoms with Gasteiger partial charge in [-0.05, 0) is 51.3 Å². The van der Waals surface area contributed by atoms with Crippen LogP contribution in [-0.2, 0) is 9.59 Å². The third-order valence-corrected chi connectivity index (χ3v) is 6.97. The van der Waals surface area contributed by atoms with E-state index in [-0.39, 0.29) is 23.6 Å². The Morgan fingerprint density at radius 3 is 2.52 bits per heavy atom. The van der Waals surface area contributed by atoms with E-state index in [2.05, 4.69) is 27.5 Å². The molecule has 3 rings (SSSR count). The van der Waals surface area contributed by atoms with Gasteiger partial charge in [-0.2, -0.15) is 0 Å². The predicted molar refractivity (Wildman–Crippen MR) is 120 cm³/mol. The lowest BCUT2D eigenvalue weighted by atomic mass is 10.1. The molecule has 1 aromatic carbocycles. The highest BCUT2D eigenvalue weighted by Gasteiger charge is 2.20. The second-order valence-electron chi connectivity index (χ2n) is 6.94. The van der Waals surface area contributed by atoms with Crippen LogP contribution >= 0.6 is 23.1 Å². The van der Waals surface area contributed by atoms with Gasteiger partial charge in [0.05, 0.1) is 11.8 Å². The van der Waals surface area contributed by atoms with E-state index in [1.165, 1.54) is 23.0 Å². The topological polar surface area (TPSA) is 84.0 Å². The molecule has 2 aromatic heterocycles. The van der Waals surface area contributed by atoms with Gasteiger partial charge in [-0.25, -0.2) is 9.97 Å². The Balaban J connectivity index is 1.61. The molecule has 2 amide bonds. The van der Waals surface area contributed by atoms with Crippen molar-refractivity contribution in [2.75, 3.05) is 11.9 Å². The van der Waals surface area contributed by atoms with Gasteiger partial charge in [0.25, 0.3) is 0 Å². The zero-order valence-corrected chi connectivity index (χ0v) is 18.8. The van der Waals surface area contributed by atoms with Crippen molar-refractivity contribution < 1.29 is 9.59 Å². The third-order valence-electron chi connectivity index (χ3n) is 4.76. The number of anilines is 1. The van der Waals surface area contributed by atoms with Gasteiger partial charge in [-0.3, -0.25) is 9.59 Å². The number of carbonyl (C=O) groups excluding carboxylic acids is 2. The summed E-state index contributed by atoms with van der Waals surface area (Å²) in [5.41, 5.74) is 3.92. The highest BCUT2D eigenvalue weighted by atomic mass is 32.2. The van der Waals surface area contributed by atoms with Crippen molar-refractivity contribution in [1.82, 2.24) is 15.3 Å². The molecule has 0 aliphatic rings. The minimum atomic E-state index is -0.388. The van der Waals surface area contributed by atoms with Crippen LogP contribution in [0.3, 0.4) is 0 Å². The number of hydrogen-bond donors (Lipinski definition) is 2. The molecule has 2 heterocycles. The molecular formula is C21H24N4O2S2. The van der Waals surface area contributed by atoms with E-state index >= 15 is 0 Å². The lowest BCUT2D eigenvalue weighted by molar-refractivity contribution is -0.123. The van der Waals surface area contributed by atoms with Crippen LogP contribution in [0.25, 0.3) is 10.2 Å². The van der Waals surface area contributed by atoms with Crippen molar-refractivity contribution in [2.45, 2.75) is 44.9 Å². The van der Waals surface area contributed by atoms with Crippen LogP contribution in [0.2, 0.25) is 0 Å². The number of rotatable bonds is 6. The number of aryl methyl sites for hydroxylation is 4. The third kappa shape index (κ3) is 4.76. The summed E-state index contributed by atoms with van der Waals surface area (Å²) in [5, 5.41) is 7.00. The molecule has 0 aliphatic heterocycles. The first-order chi connectivity index (χ1) is 13.8. The van der Waals surface area contributed by atoms with Gasteiger partial charge in [0.2, 0.25) is 11.8 Å². The Morgan fingerprint density at radius 2 is 1.83 bits per heavy atom. The number of carbonyl (C=O) groups is 2. The minimum Gasteiger partial charge on any atom is -0.346 e. The summed E-state index contributed by atoms with van der Waals surface area (Å²) in [4.78, 5) is 35.6. The summed E-state index contributed by atoms with van der Waals surface area (Å²) < 4.78 is 0. The molecule has 0 bridgehead atoms. The SMILES string of the molecule is Cc1cccc(C)c1NC(=O)CNC(=O)C(C)Sc1ncnc2sc(C)c(C)c12. The maximum Gasteiger partial charge on any atom is 0.243 e. The molecule has 1 unspecified atom stereocenters. The molecule has 0 radical (unpaired) electrons. The van der Waals surface area contributed by atoms with Gasteiger partial charge >= 0.3 is 0 Å². The summed E-state index contributed by atoms with van der Waals surface area (Å²) in [5.74, 6) is -0.454. The number of nitrogens with zero attached hydrogens (tertiary/aromatic N) is 2. The molecule has 152 valence electrons. The van der Waals surface area contributed by atoms with Gasteiger partial charge < -0.3 is 10.6 Å². The number of hydrogen-bond acceptors (Lipinski definition) is 6. The van der Waals surface area contributed by atoms with Gasteiger partial charge in [-0.1, -0.05) is 30.0 Å². The number of aromatic nitrogens is 2. The van der Waals surface area contributed by atoms with Gasteiger partial charge in [-0.15, -0.1) is 11.3 Å². The fourth-order valence-corrected chi connectivity index (χ4v) is 5.03. The normalized spacial score (nSPS) is 12.0. The highest BCUT2D eigenvalue weighted by molar-refractivity contribution is 8.00. The van der Waals surface area contributed by atoms with Crippen LogP contribution < -0.4 is 10.6 Å². The molecule has 0 spiro atoms. The Morgan fingerprint density at radius 1 is 1.14 bits per heavy atom. The smallest absolute Gasteiger partial charge is 0.243 e. The summed E-state index contributed by atoms with van der Waals surface area (Å²) in [6, 6.07) is 5.83. The Hall–Kier alpha value is -2.45. The van der Waals surface area contributed by atoms with Crippen LogP contribution in [0.4, 0.5) is 5.69 Å². The van der Waals surface area contributed by atoms with E-state index in [0.717, 1.165) is 37.6 Å². The summed E-state index contributed by atoms with van der Waals surface area (Å²) in [6.07, 6.45) is 1.53. The van der Waals surface area contributed by atoms with Crippen LogP contribution in [0, 0.1) is 27.7 Å². The number of amides is 2. The van der Waals surface area contributed by atoms with E-state index in [4.69, 9.17) is 0 Å². The van der Waals surface area contributed by atoms with Crippen molar-refractivity contribution in [2.24, 2.45) is 0 Å². The van der Waals surface area contributed by atoms with Crippen molar-refractivity contribution in [3.05, 3.63) is 46.1 Å². The molecule has 2 N–H and O–H groups in total. The molecule has 0 aliphatic carbocycles. The second-order valence-corrected chi connectivity index (χ2v) is 9.47. The number of benzene rings is 1. The van der Waals surface area contributed by atoms with E-state index in [1.54, 1.807) is 11.3 Å². The molecule has 0 saturated carbocycles. The summed E-state index contributed by atoms with van der Waals surface area (Å²) >= 11 is 3.01. The quantitative estimate of drug-likeness (QED) is 0.455. The lowest BCUT2D eigenvalue weighted by Crippen LogP contribution is -2.37. The molecule has 3 aromatic rings. The van der Waals surface area contributed by atoms with Crippen LogP contribution in [0.5, 0.6) is 0 Å². The minimum absolute atomic E-state index is 0.0761. The van der Waals surface area contributed by atoms with E-state index in [9.17, 15) is 9.59 Å². The fourth-order valence-electron chi connectivity index (χ4n) is 2.97. The van der Waals surface area contributed by atoms with E-state index in [0.29, 0.717) is 0 Å².